The molecule has 1 fully saturated rings. The predicted molar refractivity (Wildman–Crippen MR) is 64.9 cm³/mol. The summed E-state index contributed by atoms with van der Waals surface area (Å²) in [5, 5.41) is 0. The third-order valence-electron chi connectivity index (χ3n) is 2.83. The first-order valence-electron chi connectivity index (χ1n) is 5.20. The molecule has 0 amide bonds. The van der Waals surface area contributed by atoms with Crippen LogP contribution in [-0.2, 0) is 16.6 Å². The van der Waals surface area contributed by atoms with Crippen LogP contribution in [0.1, 0.15) is 30.2 Å². The van der Waals surface area contributed by atoms with Crippen LogP contribution in [0.15, 0.2) is 10.3 Å². The van der Waals surface area contributed by atoms with Gasteiger partial charge in [0.25, 0.3) is 10.0 Å². The van der Waals surface area contributed by atoms with Crippen LogP contribution in [0.4, 0.5) is 0 Å². The van der Waals surface area contributed by atoms with Gasteiger partial charge in [-0.2, -0.15) is 0 Å². The molecule has 1 heterocycles. The third kappa shape index (κ3) is 2.29. The Bertz CT molecular complexity index is 501. The van der Waals surface area contributed by atoms with Gasteiger partial charge in [0.1, 0.15) is 4.21 Å². The Morgan fingerprint density at radius 3 is 2.62 bits per heavy atom. The van der Waals surface area contributed by atoms with Crippen molar-refractivity contribution in [2.45, 2.75) is 43.0 Å². The van der Waals surface area contributed by atoms with Gasteiger partial charge in [-0.25, -0.2) is 13.1 Å². The van der Waals surface area contributed by atoms with E-state index in [0.717, 1.165) is 23.3 Å². The zero-order valence-electron chi connectivity index (χ0n) is 9.41. The Kier molecular flexibility index (Phi) is 2.86. The third-order valence-corrected chi connectivity index (χ3v) is 6.20. The summed E-state index contributed by atoms with van der Waals surface area (Å²) >= 11 is 1.26. The molecule has 90 valence electrons. The van der Waals surface area contributed by atoms with Crippen LogP contribution in [0.5, 0.6) is 0 Å². The highest BCUT2D eigenvalue weighted by molar-refractivity contribution is 7.91. The smallest absolute Gasteiger partial charge is 0.250 e. The molecule has 4 nitrogen and oxygen atoms in total. The first-order chi connectivity index (χ1) is 7.36. The standard InChI is InChI=1S/C10H16N2O2S2/c1-7-5-9(15-8(7)6-11)16(13,14)12-10(2)3-4-10/h5,12H,3-4,6,11H2,1-2H3. The van der Waals surface area contributed by atoms with Crippen LogP contribution in [0.3, 0.4) is 0 Å². The Morgan fingerprint density at radius 2 is 2.19 bits per heavy atom. The van der Waals surface area contributed by atoms with Crippen molar-refractivity contribution < 1.29 is 8.42 Å². The molecule has 2 rings (SSSR count). The molecule has 1 aliphatic carbocycles. The van der Waals surface area contributed by atoms with Gasteiger partial charge < -0.3 is 5.73 Å². The molecule has 16 heavy (non-hydrogen) atoms. The summed E-state index contributed by atoms with van der Waals surface area (Å²) in [6.45, 7) is 4.20. The van der Waals surface area contributed by atoms with Crippen molar-refractivity contribution in [3.63, 3.8) is 0 Å². The van der Waals surface area contributed by atoms with E-state index in [2.05, 4.69) is 4.72 Å². The highest BCUT2D eigenvalue weighted by Crippen LogP contribution is 2.37. The maximum absolute atomic E-state index is 12.0. The van der Waals surface area contributed by atoms with Crippen LogP contribution in [0.2, 0.25) is 0 Å². The van der Waals surface area contributed by atoms with E-state index in [4.69, 9.17) is 5.73 Å². The highest BCUT2D eigenvalue weighted by atomic mass is 32.2. The summed E-state index contributed by atoms with van der Waals surface area (Å²) in [6.07, 6.45) is 1.83. The number of thiophene rings is 1. The van der Waals surface area contributed by atoms with Crippen LogP contribution in [0.25, 0.3) is 0 Å². The monoisotopic (exact) mass is 260 g/mol. The van der Waals surface area contributed by atoms with Gasteiger partial charge in [0, 0.05) is 17.0 Å². The summed E-state index contributed by atoms with van der Waals surface area (Å²) in [7, 11) is -3.35. The topological polar surface area (TPSA) is 72.2 Å². The molecule has 0 atom stereocenters. The van der Waals surface area contributed by atoms with E-state index in [1.54, 1.807) is 6.07 Å². The van der Waals surface area contributed by atoms with E-state index < -0.39 is 10.0 Å². The average Bonchev–Trinajstić information content (AvgIpc) is 2.76. The molecule has 1 saturated carbocycles. The van der Waals surface area contributed by atoms with Crippen molar-refractivity contribution >= 4 is 21.4 Å². The van der Waals surface area contributed by atoms with Crippen molar-refractivity contribution in [3.8, 4) is 0 Å². The van der Waals surface area contributed by atoms with Crippen molar-refractivity contribution in [3.05, 3.63) is 16.5 Å². The molecule has 1 aromatic heterocycles. The van der Waals surface area contributed by atoms with Crippen molar-refractivity contribution in [1.82, 2.24) is 4.72 Å². The summed E-state index contributed by atoms with van der Waals surface area (Å²) < 4.78 is 27.2. The van der Waals surface area contributed by atoms with Gasteiger partial charge in [-0.15, -0.1) is 11.3 Å². The van der Waals surface area contributed by atoms with Gasteiger partial charge in [0.15, 0.2) is 0 Å². The predicted octanol–water partition coefficient (Wildman–Crippen LogP) is 1.35. The molecule has 1 aromatic rings. The fraction of sp³-hybridized carbons (Fsp3) is 0.600. The zero-order valence-corrected chi connectivity index (χ0v) is 11.0. The minimum absolute atomic E-state index is 0.223. The first-order valence-corrected chi connectivity index (χ1v) is 7.50. The number of hydrogen-bond acceptors (Lipinski definition) is 4. The van der Waals surface area contributed by atoms with E-state index >= 15 is 0 Å². The molecule has 0 saturated heterocycles. The van der Waals surface area contributed by atoms with E-state index in [0.29, 0.717) is 10.8 Å². The molecule has 0 radical (unpaired) electrons. The minimum Gasteiger partial charge on any atom is -0.326 e. The maximum Gasteiger partial charge on any atom is 0.250 e. The van der Waals surface area contributed by atoms with Crippen LogP contribution in [-0.4, -0.2) is 14.0 Å². The van der Waals surface area contributed by atoms with Crippen LogP contribution < -0.4 is 10.5 Å². The normalized spacial score (nSPS) is 18.7. The van der Waals surface area contributed by atoms with Gasteiger partial charge in [-0.1, -0.05) is 0 Å². The molecule has 0 bridgehead atoms. The van der Waals surface area contributed by atoms with E-state index in [1.807, 2.05) is 13.8 Å². The number of hydrogen-bond donors (Lipinski definition) is 2. The van der Waals surface area contributed by atoms with E-state index in [1.165, 1.54) is 11.3 Å². The Hall–Kier alpha value is -0.430. The van der Waals surface area contributed by atoms with Crippen LogP contribution in [0, 0.1) is 6.92 Å². The largest absolute Gasteiger partial charge is 0.326 e. The fourth-order valence-corrected chi connectivity index (χ4v) is 4.42. The lowest BCUT2D eigenvalue weighted by molar-refractivity contribution is 0.560. The molecule has 0 spiro atoms. The van der Waals surface area contributed by atoms with Crippen molar-refractivity contribution in [1.29, 1.82) is 0 Å². The quantitative estimate of drug-likeness (QED) is 0.858. The fourth-order valence-electron chi connectivity index (χ4n) is 1.49. The Balaban J connectivity index is 2.28. The second kappa shape index (κ2) is 3.80. The molecule has 0 unspecified atom stereocenters. The van der Waals surface area contributed by atoms with Gasteiger partial charge in [0.2, 0.25) is 0 Å². The molecule has 1 aliphatic rings. The van der Waals surface area contributed by atoms with E-state index in [9.17, 15) is 8.42 Å². The molecule has 3 N–H and O–H groups in total. The molecule has 0 aromatic carbocycles. The number of nitrogens with one attached hydrogen (secondary N) is 1. The number of rotatable bonds is 4. The Labute approximate surface area is 99.9 Å². The second-order valence-corrected chi connectivity index (χ2v) is 7.59. The van der Waals surface area contributed by atoms with Gasteiger partial charge in [-0.3, -0.25) is 0 Å². The summed E-state index contributed by atoms with van der Waals surface area (Å²) in [4.78, 5) is 0.932. The molecule has 6 heteroatoms. The van der Waals surface area contributed by atoms with E-state index in [-0.39, 0.29) is 5.54 Å². The molecular weight excluding hydrogens is 244 g/mol. The van der Waals surface area contributed by atoms with Crippen molar-refractivity contribution in [2.24, 2.45) is 5.73 Å². The van der Waals surface area contributed by atoms with Gasteiger partial charge in [0.05, 0.1) is 0 Å². The number of aryl methyl sites for hydroxylation is 1. The number of sulfonamides is 1. The lowest BCUT2D eigenvalue weighted by Gasteiger charge is -2.10. The maximum atomic E-state index is 12.0. The first kappa shape index (κ1) is 12.0. The SMILES string of the molecule is Cc1cc(S(=O)(=O)NC2(C)CC2)sc1CN. The Morgan fingerprint density at radius 1 is 1.56 bits per heavy atom. The molecule has 0 aliphatic heterocycles. The lowest BCUT2D eigenvalue weighted by Crippen LogP contribution is -2.33. The lowest BCUT2D eigenvalue weighted by atomic mass is 10.3. The van der Waals surface area contributed by atoms with Crippen LogP contribution >= 0.6 is 11.3 Å². The minimum atomic E-state index is -3.35. The second-order valence-electron chi connectivity index (χ2n) is 4.54. The number of nitrogens with two attached hydrogens (primary N) is 1. The van der Waals surface area contributed by atoms with Crippen molar-refractivity contribution in [2.75, 3.05) is 0 Å². The highest BCUT2D eigenvalue weighted by Gasteiger charge is 2.41. The van der Waals surface area contributed by atoms with Gasteiger partial charge >= 0.3 is 0 Å². The summed E-state index contributed by atoms with van der Waals surface area (Å²) in [5.41, 5.74) is 6.27. The van der Waals surface area contributed by atoms with Gasteiger partial charge in [-0.05, 0) is 38.3 Å². The zero-order chi connectivity index (χ0) is 12.0. The average molecular weight is 260 g/mol. The summed E-state index contributed by atoms with van der Waals surface area (Å²) in [5.74, 6) is 0. The molecular formula is C10H16N2O2S2. The summed E-state index contributed by atoms with van der Waals surface area (Å²) in [6, 6.07) is 1.70.